The molecule has 0 fully saturated rings. The number of para-hydroxylation sites is 1. The van der Waals surface area contributed by atoms with Crippen molar-refractivity contribution in [3.63, 3.8) is 0 Å². The first-order chi connectivity index (χ1) is 10.7. The second kappa shape index (κ2) is 6.75. The molecule has 2 aromatic rings. The van der Waals surface area contributed by atoms with Gasteiger partial charge in [0.25, 0.3) is 5.91 Å². The molecule has 0 saturated heterocycles. The zero-order chi connectivity index (χ0) is 15.4. The summed E-state index contributed by atoms with van der Waals surface area (Å²) >= 11 is 0. The van der Waals surface area contributed by atoms with E-state index in [9.17, 15) is 4.79 Å². The van der Waals surface area contributed by atoms with Crippen molar-refractivity contribution in [2.45, 2.75) is 25.3 Å². The largest absolute Gasteiger partial charge is 0.323 e. The third-order valence-corrected chi connectivity index (χ3v) is 4.46. The highest BCUT2D eigenvalue weighted by Gasteiger charge is 2.27. The van der Waals surface area contributed by atoms with E-state index in [1.54, 1.807) is 0 Å². The minimum absolute atomic E-state index is 0.0757. The summed E-state index contributed by atoms with van der Waals surface area (Å²) < 4.78 is 0. The summed E-state index contributed by atoms with van der Waals surface area (Å²) in [6.45, 7) is 0.494. The molecule has 0 spiro atoms. The van der Waals surface area contributed by atoms with Crippen LogP contribution in [0, 0.1) is 0 Å². The number of anilines is 1. The summed E-state index contributed by atoms with van der Waals surface area (Å²) in [6, 6.07) is 18.7. The number of quaternary nitrogens is 1. The fourth-order valence-corrected chi connectivity index (χ4v) is 3.37. The normalized spacial score (nSPS) is 18.3. The zero-order valence-corrected chi connectivity index (χ0v) is 13.0. The van der Waals surface area contributed by atoms with Gasteiger partial charge >= 0.3 is 0 Å². The van der Waals surface area contributed by atoms with Crippen molar-refractivity contribution in [3.05, 3.63) is 65.7 Å². The molecular formula is C19H23N2O+. The quantitative estimate of drug-likeness (QED) is 0.891. The number of likely N-dealkylation sites (N-methyl/N-ethyl adjacent to an activating group) is 1. The van der Waals surface area contributed by atoms with Gasteiger partial charge in [-0.2, -0.15) is 0 Å². The molecule has 0 aliphatic heterocycles. The Morgan fingerprint density at radius 1 is 1.14 bits per heavy atom. The fourth-order valence-electron chi connectivity index (χ4n) is 3.37. The molecule has 0 bridgehead atoms. The van der Waals surface area contributed by atoms with Gasteiger partial charge in [0.2, 0.25) is 0 Å². The first-order valence-electron chi connectivity index (χ1n) is 7.99. The van der Waals surface area contributed by atoms with Gasteiger partial charge in [0, 0.05) is 17.7 Å². The molecule has 3 rings (SSSR count). The van der Waals surface area contributed by atoms with Crippen molar-refractivity contribution in [2.24, 2.45) is 0 Å². The predicted molar refractivity (Wildman–Crippen MR) is 88.9 cm³/mol. The van der Waals surface area contributed by atoms with E-state index in [0.717, 1.165) is 18.5 Å². The van der Waals surface area contributed by atoms with Gasteiger partial charge in [-0.15, -0.1) is 0 Å². The molecule has 1 aliphatic rings. The van der Waals surface area contributed by atoms with Gasteiger partial charge in [-0.25, -0.2) is 0 Å². The molecule has 1 aliphatic carbocycles. The van der Waals surface area contributed by atoms with Gasteiger partial charge in [0.05, 0.1) is 7.05 Å². The average Bonchev–Trinajstić information content (AvgIpc) is 2.55. The maximum Gasteiger partial charge on any atom is 0.279 e. The highest BCUT2D eigenvalue weighted by atomic mass is 16.2. The first kappa shape index (κ1) is 14.8. The Labute approximate surface area is 132 Å². The van der Waals surface area contributed by atoms with E-state index in [1.807, 2.05) is 30.3 Å². The van der Waals surface area contributed by atoms with E-state index in [4.69, 9.17) is 0 Å². The summed E-state index contributed by atoms with van der Waals surface area (Å²) in [5.74, 6) is 0.0757. The van der Waals surface area contributed by atoms with Crippen LogP contribution in [-0.4, -0.2) is 19.5 Å². The average molecular weight is 295 g/mol. The van der Waals surface area contributed by atoms with Crippen molar-refractivity contribution in [3.8, 4) is 0 Å². The minimum Gasteiger partial charge on any atom is -0.323 e. The molecule has 0 aromatic heterocycles. The summed E-state index contributed by atoms with van der Waals surface area (Å²) in [7, 11) is 2.12. The maximum absolute atomic E-state index is 12.2. The molecule has 1 amide bonds. The number of fused-ring (bicyclic) bond motifs is 1. The summed E-state index contributed by atoms with van der Waals surface area (Å²) in [4.78, 5) is 13.5. The topological polar surface area (TPSA) is 33.5 Å². The smallest absolute Gasteiger partial charge is 0.279 e. The number of hydrogen-bond acceptors (Lipinski definition) is 1. The number of nitrogens with one attached hydrogen (secondary N) is 2. The molecule has 0 radical (unpaired) electrons. The van der Waals surface area contributed by atoms with Gasteiger partial charge in [-0.05, 0) is 30.5 Å². The Morgan fingerprint density at radius 3 is 2.68 bits per heavy atom. The zero-order valence-electron chi connectivity index (χ0n) is 13.0. The van der Waals surface area contributed by atoms with Gasteiger partial charge in [0.1, 0.15) is 6.04 Å². The SMILES string of the molecule is C[NH+](CC(=O)Nc1ccccc1)[C@@H]1CCCc2ccccc21. The lowest BCUT2D eigenvalue weighted by molar-refractivity contribution is -0.905. The van der Waals surface area contributed by atoms with Crippen molar-refractivity contribution in [2.75, 3.05) is 18.9 Å². The van der Waals surface area contributed by atoms with Crippen LogP contribution in [0.15, 0.2) is 54.6 Å². The third kappa shape index (κ3) is 3.37. The molecule has 2 aromatic carbocycles. The lowest BCUT2D eigenvalue weighted by Gasteiger charge is -2.30. The Hall–Kier alpha value is -2.13. The fraction of sp³-hybridized carbons (Fsp3) is 0.316. The lowest BCUT2D eigenvalue weighted by atomic mass is 9.87. The van der Waals surface area contributed by atoms with E-state index in [1.165, 1.54) is 22.4 Å². The lowest BCUT2D eigenvalue weighted by Crippen LogP contribution is -3.10. The number of aryl methyl sites for hydroxylation is 1. The number of benzene rings is 2. The highest BCUT2D eigenvalue weighted by Crippen LogP contribution is 2.27. The summed E-state index contributed by atoms with van der Waals surface area (Å²) in [5.41, 5.74) is 3.73. The van der Waals surface area contributed by atoms with Crippen LogP contribution in [0.3, 0.4) is 0 Å². The maximum atomic E-state index is 12.2. The van der Waals surface area contributed by atoms with Crippen molar-refractivity contribution in [1.29, 1.82) is 0 Å². The van der Waals surface area contributed by atoms with Crippen LogP contribution in [0.1, 0.15) is 30.0 Å². The molecule has 1 unspecified atom stereocenters. The van der Waals surface area contributed by atoms with Crippen LogP contribution in [0.4, 0.5) is 5.69 Å². The minimum atomic E-state index is 0.0757. The van der Waals surface area contributed by atoms with Crippen molar-refractivity contribution in [1.82, 2.24) is 0 Å². The second-order valence-corrected chi connectivity index (χ2v) is 6.08. The van der Waals surface area contributed by atoms with Crippen molar-refractivity contribution < 1.29 is 9.69 Å². The molecular weight excluding hydrogens is 272 g/mol. The van der Waals surface area contributed by atoms with Crippen molar-refractivity contribution >= 4 is 11.6 Å². The number of carbonyl (C=O) groups is 1. The molecule has 2 atom stereocenters. The van der Waals surface area contributed by atoms with Gasteiger partial charge in [-0.1, -0.05) is 42.5 Å². The van der Waals surface area contributed by atoms with Crippen LogP contribution in [0.5, 0.6) is 0 Å². The van der Waals surface area contributed by atoms with Crippen LogP contribution in [0.2, 0.25) is 0 Å². The Balaban J connectivity index is 1.65. The van der Waals surface area contributed by atoms with E-state index in [2.05, 4.69) is 36.6 Å². The molecule has 2 N–H and O–H groups in total. The number of hydrogen-bond donors (Lipinski definition) is 2. The van der Waals surface area contributed by atoms with Gasteiger partial charge in [0.15, 0.2) is 6.54 Å². The molecule has 114 valence electrons. The molecule has 0 heterocycles. The standard InChI is InChI=1S/C19H22N2O/c1-21(14-19(22)20-16-10-3-2-4-11-16)18-13-7-9-15-8-5-6-12-17(15)18/h2-6,8,10-12,18H,7,9,13-14H2,1H3,(H,20,22)/p+1/t18-/m1/s1. The molecule has 0 saturated carbocycles. The predicted octanol–water partition coefficient (Wildman–Crippen LogP) is 2.22. The number of carbonyl (C=O) groups excluding carboxylic acids is 1. The highest BCUT2D eigenvalue weighted by molar-refractivity contribution is 5.91. The molecule has 22 heavy (non-hydrogen) atoms. The van der Waals surface area contributed by atoms with Gasteiger partial charge in [-0.3, -0.25) is 4.79 Å². The Kier molecular flexibility index (Phi) is 4.54. The molecule has 3 heteroatoms. The van der Waals surface area contributed by atoms with Crippen LogP contribution >= 0.6 is 0 Å². The number of rotatable bonds is 4. The van der Waals surface area contributed by atoms with Crippen LogP contribution < -0.4 is 10.2 Å². The van der Waals surface area contributed by atoms with E-state index in [-0.39, 0.29) is 5.91 Å². The Bertz CT molecular complexity index is 639. The van der Waals surface area contributed by atoms with E-state index >= 15 is 0 Å². The van der Waals surface area contributed by atoms with Gasteiger partial charge < -0.3 is 10.2 Å². The first-order valence-corrected chi connectivity index (χ1v) is 7.99. The van der Waals surface area contributed by atoms with E-state index < -0.39 is 0 Å². The van der Waals surface area contributed by atoms with E-state index in [0.29, 0.717) is 12.6 Å². The summed E-state index contributed by atoms with van der Waals surface area (Å²) in [5, 5.41) is 2.98. The van der Waals surface area contributed by atoms with Crippen LogP contribution in [-0.2, 0) is 11.2 Å². The number of amides is 1. The second-order valence-electron chi connectivity index (χ2n) is 6.08. The monoisotopic (exact) mass is 295 g/mol. The van der Waals surface area contributed by atoms with Crippen LogP contribution in [0.25, 0.3) is 0 Å². The molecule has 3 nitrogen and oxygen atoms in total. The third-order valence-electron chi connectivity index (χ3n) is 4.46. The Morgan fingerprint density at radius 2 is 1.86 bits per heavy atom. The summed E-state index contributed by atoms with van der Waals surface area (Å²) in [6.07, 6.45) is 3.52.